The number of rotatable bonds is 4. The van der Waals surface area contributed by atoms with Crippen molar-refractivity contribution >= 4 is 23.4 Å². The normalized spacial score (nSPS) is 10.4. The summed E-state index contributed by atoms with van der Waals surface area (Å²) in [4.78, 5) is 11.8. The Morgan fingerprint density at radius 3 is 2.54 bits per heavy atom. The molecule has 0 unspecified atom stereocenters. The highest BCUT2D eigenvalue weighted by Crippen LogP contribution is 2.27. The molecular formula is C19H16ClNO3. The van der Waals surface area contributed by atoms with Crippen molar-refractivity contribution < 1.29 is 13.9 Å². The van der Waals surface area contributed by atoms with Crippen LogP contribution < -0.4 is 5.32 Å². The smallest absolute Gasteiger partial charge is 0.411 e. The highest BCUT2D eigenvalue weighted by Gasteiger charge is 2.11. The number of amides is 1. The Morgan fingerprint density at radius 1 is 1.12 bits per heavy atom. The highest BCUT2D eigenvalue weighted by molar-refractivity contribution is 6.30. The molecule has 0 atom stereocenters. The summed E-state index contributed by atoms with van der Waals surface area (Å²) < 4.78 is 11.0. The third-order valence-electron chi connectivity index (χ3n) is 3.53. The summed E-state index contributed by atoms with van der Waals surface area (Å²) in [6.45, 7) is 1.98. The first-order chi connectivity index (χ1) is 11.6. The van der Waals surface area contributed by atoms with E-state index in [2.05, 4.69) is 5.32 Å². The van der Waals surface area contributed by atoms with Crippen LogP contribution in [0.4, 0.5) is 10.5 Å². The van der Waals surface area contributed by atoms with Gasteiger partial charge in [-0.25, -0.2) is 4.79 Å². The molecule has 0 bridgehead atoms. The molecule has 1 heterocycles. The predicted octanol–water partition coefficient (Wildman–Crippen LogP) is 5.66. The van der Waals surface area contributed by atoms with Gasteiger partial charge in [-0.05, 0) is 49.4 Å². The van der Waals surface area contributed by atoms with E-state index in [4.69, 9.17) is 20.8 Å². The summed E-state index contributed by atoms with van der Waals surface area (Å²) in [5, 5.41) is 3.34. The molecule has 3 aromatic rings. The standard InChI is InChI=1S/C19H16ClNO3/c1-13-15(11-18(24-13)14-7-9-16(20)10-8-14)12-23-19(22)21-17-5-3-2-4-6-17/h2-11H,12H2,1H3,(H,21,22). The molecule has 1 N–H and O–H groups in total. The summed E-state index contributed by atoms with van der Waals surface area (Å²) in [5.74, 6) is 1.43. The van der Waals surface area contributed by atoms with Crippen LogP contribution in [0.5, 0.6) is 0 Å². The van der Waals surface area contributed by atoms with Gasteiger partial charge in [-0.15, -0.1) is 0 Å². The average molecular weight is 342 g/mol. The van der Waals surface area contributed by atoms with Crippen molar-refractivity contribution in [3.63, 3.8) is 0 Å². The number of hydrogen-bond donors (Lipinski definition) is 1. The molecule has 0 aliphatic heterocycles. The van der Waals surface area contributed by atoms with Crippen molar-refractivity contribution in [1.82, 2.24) is 0 Å². The number of carbonyl (C=O) groups excluding carboxylic acids is 1. The van der Waals surface area contributed by atoms with Crippen LogP contribution in [0.1, 0.15) is 11.3 Å². The molecule has 0 fully saturated rings. The minimum absolute atomic E-state index is 0.140. The fraction of sp³-hybridized carbons (Fsp3) is 0.105. The van der Waals surface area contributed by atoms with Crippen molar-refractivity contribution in [2.45, 2.75) is 13.5 Å². The van der Waals surface area contributed by atoms with Crippen LogP contribution in [-0.4, -0.2) is 6.09 Å². The molecule has 122 valence electrons. The van der Waals surface area contributed by atoms with Gasteiger partial charge >= 0.3 is 6.09 Å². The third-order valence-corrected chi connectivity index (χ3v) is 3.78. The number of halogens is 1. The van der Waals surface area contributed by atoms with Crippen LogP contribution in [0.15, 0.2) is 65.1 Å². The average Bonchev–Trinajstić information content (AvgIpc) is 2.95. The van der Waals surface area contributed by atoms with E-state index in [1.807, 2.05) is 43.3 Å². The van der Waals surface area contributed by atoms with Crippen molar-refractivity contribution in [2.24, 2.45) is 0 Å². The molecule has 0 spiro atoms. The van der Waals surface area contributed by atoms with Gasteiger partial charge in [-0.1, -0.05) is 29.8 Å². The molecule has 1 amide bonds. The number of benzene rings is 2. The molecule has 0 saturated heterocycles. The minimum Gasteiger partial charge on any atom is -0.461 e. The topological polar surface area (TPSA) is 51.5 Å². The lowest BCUT2D eigenvalue weighted by atomic mass is 10.1. The van der Waals surface area contributed by atoms with Crippen molar-refractivity contribution in [3.8, 4) is 11.3 Å². The first kappa shape index (κ1) is 16.1. The molecule has 3 rings (SSSR count). The van der Waals surface area contributed by atoms with E-state index in [0.717, 1.165) is 11.1 Å². The van der Waals surface area contributed by atoms with Crippen molar-refractivity contribution in [3.05, 3.63) is 77.0 Å². The lowest BCUT2D eigenvalue weighted by Gasteiger charge is -2.06. The Labute approximate surface area is 145 Å². The molecule has 24 heavy (non-hydrogen) atoms. The van der Waals surface area contributed by atoms with Gasteiger partial charge in [0.05, 0.1) is 0 Å². The van der Waals surface area contributed by atoms with Gasteiger partial charge in [0.1, 0.15) is 18.1 Å². The van der Waals surface area contributed by atoms with Crippen LogP contribution in [-0.2, 0) is 11.3 Å². The zero-order valence-corrected chi connectivity index (χ0v) is 13.8. The monoisotopic (exact) mass is 341 g/mol. The Kier molecular flexibility index (Phi) is 4.87. The molecule has 2 aromatic carbocycles. The summed E-state index contributed by atoms with van der Waals surface area (Å²) in [6, 6.07) is 18.4. The Balaban J connectivity index is 1.63. The molecule has 5 heteroatoms. The van der Waals surface area contributed by atoms with Crippen LogP contribution in [0.3, 0.4) is 0 Å². The summed E-state index contributed by atoms with van der Waals surface area (Å²) >= 11 is 5.89. The molecular weight excluding hydrogens is 326 g/mol. The van der Waals surface area contributed by atoms with E-state index < -0.39 is 6.09 Å². The van der Waals surface area contributed by atoms with Gasteiger partial charge in [0, 0.05) is 21.8 Å². The summed E-state index contributed by atoms with van der Waals surface area (Å²) in [5.41, 5.74) is 2.43. The van der Waals surface area contributed by atoms with Gasteiger partial charge in [0.25, 0.3) is 0 Å². The van der Waals surface area contributed by atoms with E-state index in [-0.39, 0.29) is 6.61 Å². The van der Waals surface area contributed by atoms with Gasteiger partial charge in [0.15, 0.2) is 0 Å². The predicted molar refractivity (Wildman–Crippen MR) is 94.1 cm³/mol. The molecule has 0 radical (unpaired) electrons. The van der Waals surface area contributed by atoms with Crippen LogP contribution in [0, 0.1) is 6.92 Å². The highest BCUT2D eigenvalue weighted by atomic mass is 35.5. The summed E-state index contributed by atoms with van der Waals surface area (Å²) in [6.07, 6.45) is -0.505. The van der Waals surface area contributed by atoms with Gasteiger partial charge in [-0.2, -0.15) is 0 Å². The van der Waals surface area contributed by atoms with Gasteiger partial charge < -0.3 is 9.15 Å². The number of ether oxygens (including phenoxy) is 1. The minimum atomic E-state index is -0.505. The second kappa shape index (κ2) is 7.23. The lowest BCUT2D eigenvalue weighted by Crippen LogP contribution is -2.13. The maximum atomic E-state index is 11.8. The molecule has 0 aliphatic rings. The zero-order chi connectivity index (χ0) is 16.9. The molecule has 0 saturated carbocycles. The fourth-order valence-electron chi connectivity index (χ4n) is 2.24. The third kappa shape index (κ3) is 3.97. The maximum Gasteiger partial charge on any atom is 0.411 e. The number of nitrogens with one attached hydrogen (secondary N) is 1. The molecule has 0 aliphatic carbocycles. The van der Waals surface area contributed by atoms with Crippen LogP contribution in [0.25, 0.3) is 11.3 Å². The second-order valence-electron chi connectivity index (χ2n) is 5.27. The fourth-order valence-corrected chi connectivity index (χ4v) is 2.36. The number of para-hydroxylation sites is 1. The SMILES string of the molecule is Cc1oc(-c2ccc(Cl)cc2)cc1COC(=O)Nc1ccccc1. The lowest BCUT2D eigenvalue weighted by molar-refractivity contribution is 0.154. The molecule has 1 aromatic heterocycles. The maximum absolute atomic E-state index is 11.8. The van der Waals surface area contributed by atoms with E-state index in [1.54, 1.807) is 24.3 Å². The summed E-state index contributed by atoms with van der Waals surface area (Å²) in [7, 11) is 0. The number of hydrogen-bond acceptors (Lipinski definition) is 3. The first-order valence-corrected chi connectivity index (χ1v) is 7.84. The van der Waals surface area contributed by atoms with Gasteiger partial charge in [0.2, 0.25) is 0 Å². The number of aryl methyl sites for hydroxylation is 1. The largest absolute Gasteiger partial charge is 0.461 e. The first-order valence-electron chi connectivity index (χ1n) is 7.46. The molecule has 4 nitrogen and oxygen atoms in total. The van der Waals surface area contributed by atoms with Crippen LogP contribution >= 0.6 is 11.6 Å². The van der Waals surface area contributed by atoms with Crippen molar-refractivity contribution in [1.29, 1.82) is 0 Å². The Bertz CT molecular complexity index is 826. The zero-order valence-electron chi connectivity index (χ0n) is 13.1. The second-order valence-corrected chi connectivity index (χ2v) is 5.70. The quantitative estimate of drug-likeness (QED) is 0.666. The van der Waals surface area contributed by atoms with E-state index in [0.29, 0.717) is 22.2 Å². The van der Waals surface area contributed by atoms with E-state index >= 15 is 0 Å². The van der Waals surface area contributed by atoms with E-state index in [1.165, 1.54) is 0 Å². The van der Waals surface area contributed by atoms with Crippen LogP contribution in [0.2, 0.25) is 5.02 Å². The van der Waals surface area contributed by atoms with Crippen molar-refractivity contribution in [2.75, 3.05) is 5.32 Å². The van der Waals surface area contributed by atoms with Gasteiger partial charge in [-0.3, -0.25) is 5.32 Å². The number of furan rings is 1. The number of carbonyl (C=O) groups is 1. The number of anilines is 1. The Morgan fingerprint density at radius 2 is 1.83 bits per heavy atom. The Hall–Kier alpha value is -2.72. The van der Waals surface area contributed by atoms with E-state index in [9.17, 15) is 4.79 Å².